The van der Waals surface area contributed by atoms with E-state index in [0.29, 0.717) is 17.8 Å². The lowest BCUT2D eigenvalue weighted by molar-refractivity contribution is 0.275. The highest BCUT2D eigenvalue weighted by atomic mass is 14.9. The van der Waals surface area contributed by atoms with Crippen LogP contribution in [0.1, 0.15) is 39.1 Å². The lowest BCUT2D eigenvalue weighted by atomic mass is 9.85. The van der Waals surface area contributed by atoms with Crippen LogP contribution < -0.4 is 5.32 Å². The second kappa shape index (κ2) is 6.70. The van der Waals surface area contributed by atoms with Crippen molar-refractivity contribution in [2.24, 2.45) is 17.8 Å². The monoisotopic (exact) mass is 235 g/mol. The van der Waals surface area contributed by atoms with Crippen molar-refractivity contribution in [3.63, 3.8) is 0 Å². The first-order valence-electron chi connectivity index (χ1n) is 6.49. The molecule has 0 aromatic carbocycles. The first-order chi connectivity index (χ1) is 8.00. The van der Waals surface area contributed by atoms with Crippen molar-refractivity contribution < 1.29 is 0 Å². The van der Waals surface area contributed by atoms with Gasteiger partial charge in [-0.3, -0.25) is 9.97 Å². The van der Waals surface area contributed by atoms with Crippen LogP contribution >= 0.6 is 0 Å². The van der Waals surface area contributed by atoms with E-state index < -0.39 is 0 Å². The molecule has 0 amide bonds. The van der Waals surface area contributed by atoms with Crippen LogP contribution in [-0.2, 0) is 6.54 Å². The molecule has 0 aliphatic rings. The van der Waals surface area contributed by atoms with E-state index in [1.165, 1.54) is 0 Å². The van der Waals surface area contributed by atoms with Crippen LogP contribution in [0.5, 0.6) is 0 Å². The van der Waals surface area contributed by atoms with Gasteiger partial charge < -0.3 is 5.32 Å². The fourth-order valence-electron chi connectivity index (χ4n) is 2.12. The number of hydrogen-bond acceptors (Lipinski definition) is 3. The van der Waals surface area contributed by atoms with E-state index in [2.05, 4.69) is 43.0 Å². The molecule has 0 saturated carbocycles. The van der Waals surface area contributed by atoms with E-state index >= 15 is 0 Å². The van der Waals surface area contributed by atoms with Crippen molar-refractivity contribution >= 4 is 0 Å². The summed E-state index contributed by atoms with van der Waals surface area (Å²) in [5, 5.41) is 3.48. The van der Waals surface area contributed by atoms with Crippen LogP contribution in [0.4, 0.5) is 0 Å². The Morgan fingerprint density at radius 3 is 2.18 bits per heavy atom. The highest BCUT2D eigenvalue weighted by Crippen LogP contribution is 2.19. The summed E-state index contributed by atoms with van der Waals surface area (Å²) in [6.07, 6.45) is 3.67. The third kappa shape index (κ3) is 4.82. The van der Waals surface area contributed by atoms with Crippen LogP contribution in [0, 0.1) is 24.7 Å². The Hall–Kier alpha value is -0.960. The number of aromatic nitrogens is 2. The van der Waals surface area contributed by atoms with Gasteiger partial charge in [0.15, 0.2) is 0 Å². The molecular formula is C14H25N3. The molecule has 1 heterocycles. The van der Waals surface area contributed by atoms with Gasteiger partial charge in [-0.05, 0) is 31.2 Å². The van der Waals surface area contributed by atoms with Crippen LogP contribution in [0.15, 0.2) is 12.4 Å². The summed E-state index contributed by atoms with van der Waals surface area (Å²) in [7, 11) is 0. The van der Waals surface area contributed by atoms with E-state index in [9.17, 15) is 0 Å². The molecule has 1 N–H and O–H groups in total. The fraction of sp³-hybridized carbons (Fsp3) is 0.714. The lowest BCUT2D eigenvalue weighted by Gasteiger charge is -2.25. The predicted molar refractivity (Wildman–Crippen MR) is 71.6 cm³/mol. The number of hydrogen-bond donors (Lipinski definition) is 1. The minimum absolute atomic E-state index is 0.714. The molecule has 0 bridgehead atoms. The van der Waals surface area contributed by atoms with E-state index in [-0.39, 0.29) is 0 Å². The molecular weight excluding hydrogens is 210 g/mol. The molecule has 1 aromatic heterocycles. The Morgan fingerprint density at radius 1 is 1.06 bits per heavy atom. The summed E-state index contributed by atoms with van der Waals surface area (Å²) >= 11 is 0. The zero-order chi connectivity index (χ0) is 12.8. The Labute approximate surface area is 105 Å². The first-order valence-corrected chi connectivity index (χ1v) is 6.49. The van der Waals surface area contributed by atoms with E-state index in [0.717, 1.165) is 24.5 Å². The van der Waals surface area contributed by atoms with Crippen molar-refractivity contribution in [1.82, 2.24) is 15.3 Å². The summed E-state index contributed by atoms with van der Waals surface area (Å²) in [5.41, 5.74) is 1.98. The smallest absolute Gasteiger partial charge is 0.0724 e. The van der Waals surface area contributed by atoms with Crippen LogP contribution in [-0.4, -0.2) is 16.5 Å². The summed E-state index contributed by atoms with van der Waals surface area (Å²) in [5.74, 6) is 2.15. The number of rotatable bonds is 6. The molecule has 0 atom stereocenters. The number of nitrogens with zero attached hydrogens (tertiary/aromatic N) is 2. The van der Waals surface area contributed by atoms with Crippen molar-refractivity contribution in [3.05, 3.63) is 23.8 Å². The van der Waals surface area contributed by atoms with Gasteiger partial charge in [-0.1, -0.05) is 27.7 Å². The molecule has 0 aliphatic carbocycles. The second-order valence-corrected chi connectivity index (χ2v) is 5.43. The van der Waals surface area contributed by atoms with Gasteiger partial charge in [0.2, 0.25) is 0 Å². The van der Waals surface area contributed by atoms with Gasteiger partial charge >= 0.3 is 0 Å². The predicted octanol–water partition coefficient (Wildman–Crippen LogP) is 2.80. The van der Waals surface area contributed by atoms with Gasteiger partial charge in [-0.25, -0.2) is 0 Å². The van der Waals surface area contributed by atoms with E-state index in [1.807, 2.05) is 19.3 Å². The van der Waals surface area contributed by atoms with Crippen LogP contribution in [0.2, 0.25) is 0 Å². The van der Waals surface area contributed by atoms with Crippen molar-refractivity contribution in [2.45, 2.75) is 41.2 Å². The van der Waals surface area contributed by atoms with Gasteiger partial charge in [0.25, 0.3) is 0 Å². The molecule has 96 valence electrons. The molecule has 1 aromatic rings. The van der Waals surface area contributed by atoms with Gasteiger partial charge in [0, 0.05) is 18.9 Å². The maximum atomic E-state index is 4.34. The van der Waals surface area contributed by atoms with Crippen molar-refractivity contribution in [1.29, 1.82) is 0 Å². The summed E-state index contributed by atoms with van der Waals surface area (Å²) in [6.45, 7) is 13.0. The molecule has 1 rings (SSSR count). The third-order valence-corrected chi connectivity index (χ3v) is 3.23. The van der Waals surface area contributed by atoms with E-state index in [4.69, 9.17) is 0 Å². The third-order valence-electron chi connectivity index (χ3n) is 3.23. The Morgan fingerprint density at radius 2 is 1.71 bits per heavy atom. The SMILES string of the molecule is Cc1cnc(CNCC(C(C)C)C(C)C)cn1. The molecule has 17 heavy (non-hydrogen) atoms. The van der Waals surface area contributed by atoms with Crippen LogP contribution in [0.3, 0.4) is 0 Å². The lowest BCUT2D eigenvalue weighted by Crippen LogP contribution is -2.29. The molecule has 0 fully saturated rings. The normalized spacial score (nSPS) is 11.8. The highest BCUT2D eigenvalue weighted by Gasteiger charge is 2.16. The average molecular weight is 235 g/mol. The molecule has 0 spiro atoms. The zero-order valence-electron chi connectivity index (χ0n) is 11.7. The van der Waals surface area contributed by atoms with E-state index in [1.54, 1.807) is 0 Å². The Balaban J connectivity index is 2.38. The summed E-state index contributed by atoms with van der Waals surface area (Å²) < 4.78 is 0. The minimum atomic E-state index is 0.714. The molecule has 0 saturated heterocycles. The fourth-order valence-corrected chi connectivity index (χ4v) is 2.12. The van der Waals surface area contributed by atoms with Gasteiger partial charge in [-0.2, -0.15) is 0 Å². The Kier molecular flexibility index (Phi) is 5.56. The van der Waals surface area contributed by atoms with Gasteiger partial charge in [0.05, 0.1) is 11.4 Å². The maximum Gasteiger partial charge on any atom is 0.0724 e. The minimum Gasteiger partial charge on any atom is -0.311 e. The molecule has 3 heteroatoms. The van der Waals surface area contributed by atoms with Crippen LogP contribution in [0.25, 0.3) is 0 Å². The van der Waals surface area contributed by atoms with Crippen molar-refractivity contribution in [2.75, 3.05) is 6.54 Å². The molecule has 3 nitrogen and oxygen atoms in total. The molecule has 0 aliphatic heterocycles. The van der Waals surface area contributed by atoms with Gasteiger partial charge in [-0.15, -0.1) is 0 Å². The average Bonchev–Trinajstić information content (AvgIpc) is 2.25. The zero-order valence-corrected chi connectivity index (χ0v) is 11.7. The molecule has 0 unspecified atom stereocenters. The Bertz CT molecular complexity index is 309. The summed E-state index contributed by atoms with van der Waals surface area (Å²) in [4.78, 5) is 8.58. The topological polar surface area (TPSA) is 37.8 Å². The maximum absolute atomic E-state index is 4.34. The number of nitrogens with one attached hydrogen (secondary N) is 1. The second-order valence-electron chi connectivity index (χ2n) is 5.43. The molecule has 0 radical (unpaired) electrons. The van der Waals surface area contributed by atoms with Crippen molar-refractivity contribution in [3.8, 4) is 0 Å². The number of aryl methyl sites for hydroxylation is 1. The highest BCUT2D eigenvalue weighted by molar-refractivity contribution is 5.00. The quantitative estimate of drug-likeness (QED) is 0.824. The largest absolute Gasteiger partial charge is 0.311 e. The first kappa shape index (κ1) is 14.1. The standard InChI is InChI=1S/C14H25N3/c1-10(2)14(11(3)4)9-15-7-13-8-16-12(5)6-17-13/h6,8,10-11,14-15H,7,9H2,1-5H3. The van der Waals surface area contributed by atoms with Gasteiger partial charge in [0.1, 0.15) is 0 Å². The summed E-state index contributed by atoms with van der Waals surface area (Å²) in [6, 6.07) is 0.